The highest BCUT2D eigenvalue weighted by molar-refractivity contribution is 5.66. The number of ether oxygens (including phenoxy) is 1. The van der Waals surface area contributed by atoms with Crippen LogP contribution in [0.15, 0.2) is 36.7 Å². The van der Waals surface area contributed by atoms with E-state index < -0.39 is 0 Å². The molecule has 0 amide bonds. The quantitative estimate of drug-likeness (QED) is 0.645. The zero-order chi connectivity index (χ0) is 21.3. The number of hydrogen-bond acceptors (Lipinski definition) is 6. The van der Waals surface area contributed by atoms with Gasteiger partial charge in [0.2, 0.25) is 5.95 Å². The van der Waals surface area contributed by atoms with E-state index in [9.17, 15) is 4.39 Å². The Morgan fingerprint density at radius 2 is 2.10 bits per heavy atom. The number of anilines is 1. The summed E-state index contributed by atoms with van der Waals surface area (Å²) in [5.74, 6) is 0.322. The molecule has 1 fully saturated rings. The Hall–Kier alpha value is -2.84. The smallest absolute Gasteiger partial charge is 0.225 e. The van der Waals surface area contributed by atoms with Gasteiger partial charge in [-0.2, -0.15) is 5.10 Å². The Morgan fingerprint density at radius 1 is 1.27 bits per heavy atom. The van der Waals surface area contributed by atoms with Crippen molar-refractivity contribution in [3.63, 3.8) is 0 Å². The highest BCUT2D eigenvalue weighted by atomic mass is 19.1. The number of rotatable bonds is 5. The van der Waals surface area contributed by atoms with Crippen molar-refractivity contribution in [2.45, 2.75) is 19.6 Å². The zero-order valence-corrected chi connectivity index (χ0v) is 17.8. The van der Waals surface area contributed by atoms with Gasteiger partial charge in [-0.3, -0.25) is 9.58 Å². The Morgan fingerprint density at radius 3 is 2.80 bits per heavy atom. The summed E-state index contributed by atoms with van der Waals surface area (Å²) in [4.78, 5) is 13.5. The van der Waals surface area contributed by atoms with Crippen LogP contribution in [0, 0.1) is 12.7 Å². The number of aryl methyl sites for hydroxylation is 1. The van der Waals surface area contributed by atoms with Crippen LogP contribution in [0.2, 0.25) is 0 Å². The third-order valence-electron chi connectivity index (χ3n) is 5.53. The van der Waals surface area contributed by atoms with Crippen LogP contribution in [-0.4, -0.2) is 58.4 Å². The topological polar surface area (TPSA) is 59.3 Å². The summed E-state index contributed by atoms with van der Waals surface area (Å²) < 4.78 is 21.9. The van der Waals surface area contributed by atoms with Crippen LogP contribution in [0.5, 0.6) is 0 Å². The number of halogens is 1. The number of aromatic nitrogens is 4. The molecule has 0 bridgehead atoms. The van der Waals surface area contributed by atoms with Crippen molar-refractivity contribution in [3.05, 3.63) is 59.4 Å². The van der Waals surface area contributed by atoms with Crippen molar-refractivity contribution >= 4 is 5.95 Å². The first-order chi connectivity index (χ1) is 14.4. The van der Waals surface area contributed by atoms with Crippen molar-refractivity contribution in [1.82, 2.24) is 24.6 Å². The summed E-state index contributed by atoms with van der Waals surface area (Å²) in [6, 6.07) is 6.53. The fourth-order valence-corrected chi connectivity index (χ4v) is 3.68. The molecule has 1 saturated heterocycles. The number of morpholine rings is 1. The number of nitrogens with zero attached hydrogens (tertiary/aromatic N) is 6. The first kappa shape index (κ1) is 20.4. The van der Waals surface area contributed by atoms with E-state index in [0.29, 0.717) is 19.1 Å². The van der Waals surface area contributed by atoms with Crippen LogP contribution in [0.4, 0.5) is 10.3 Å². The van der Waals surface area contributed by atoms with Gasteiger partial charge in [-0.25, -0.2) is 14.4 Å². The summed E-state index contributed by atoms with van der Waals surface area (Å²) in [6.45, 7) is 5.02. The monoisotopic (exact) mass is 410 g/mol. The maximum Gasteiger partial charge on any atom is 0.225 e. The third-order valence-corrected chi connectivity index (χ3v) is 5.53. The van der Waals surface area contributed by atoms with Gasteiger partial charge in [0.05, 0.1) is 18.5 Å². The third kappa shape index (κ3) is 4.20. The minimum atomic E-state index is -0.284. The molecule has 3 heterocycles. The molecular formula is C22H27FN6O. The molecule has 0 spiro atoms. The Labute approximate surface area is 176 Å². The van der Waals surface area contributed by atoms with E-state index in [4.69, 9.17) is 9.72 Å². The summed E-state index contributed by atoms with van der Waals surface area (Å²) in [5.41, 5.74) is 4.70. The largest absolute Gasteiger partial charge is 0.369 e. The molecule has 1 atom stereocenters. The van der Waals surface area contributed by atoms with Gasteiger partial charge in [0.25, 0.3) is 0 Å². The lowest BCUT2D eigenvalue weighted by molar-refractivity contribution is -0.0347. The van der Waals surface area contributed by atoms with Crippen molar-refractivity contribution in [2.75, 3.05) is 38.7 Å². The molecule has 4 rings (SSSR count). The summed E-state index contributed by atoms with van der Waals surface area (Å²) in [5, 5.41) is 4.35. The second-order valence-electron chi connectivity index (χ2n) is 7.85. The summed E-state index contributed by atoms with van der Waals surface area (Å²) >= 11 is 0. The molecule has 1 aromatic carbocycles. The lowest BCUT2D eigenvalue weighted by Crippen LogP contribution is -2.38. The van der Waals surface area contributed by atoms with E-state index in [1.165, 1.54) is 17.7 Å². The van der Waals surface area contributed by atoms with Gasteiger partial charge in [-0.05, 0) is 24.6 Å². The van der Waals surface area contributed by atoms with E-state index >= 15 is 0 Å². The minimum absolute atomic E-state index is 0.226. The second kappa shape index (κ2) is 8.49. The zero-order valence-electron chi connectivity index (χ0n) is 17.8. The Bertz CT molecular complexity index is 1030. The minimum Gasteiger partial charge on any atom is -0.369 e. The van der Waals surface area contributed by atoms with Gasteiger partial charge < -0.3 is 9.64 Å². The molecule has 7 nitrogen and oxygen atoms in total. The molecule has 0 radical (unpaired) electrons. The average molecular weight is 410 g/mol. The fraction of sp³-hybridized carbons (Fsp3) is 0.409. The average Bonchev–Trinajstić information content (AvgIpc) is 3.05. The fourth-order valence-electron chi connectivity index (χ4n) is 3.68. The molecular weight excluding hydrogens is 383 g/mol. The Balaban J connectivity index is 1.65. The first-order valence-corrected chi connectivity index (χ1v) is 10.0. The molecule has 1 aliphatic heterocycles. The molecule has 8 heteroatoms. The van der Waals surface area contributed by atoms with Gasteiger partial charge >= 0.3 is 0 Å². The molecule has 1 aliphatic rings. The number of hydrogen-bond donors (Lipinski definition) is 0. The van der Waals surface area contributed by atoms with E-state index in [1.807, 2.05) is 43.0 Å². The lowest BCUT2D eigenvalue weighted by Gasteiger charge is -2.33. The van der Waals surface area contributed by atoms with Crippen LogP contribution in [0.25, 0.3) is 11.1 Å². The molecule has 2 aromatic heterocycles. The molecule has 0 aliphatic carbocycles. The molecule has 1 unspecified atom stereocenters. The molecule has 158 valence electrons. The van der Waals surface area contributed by atoms with Crippen LogP contribution >= 0.6 is 0 Å². The standard InChI is InChI=1S/C22H27FN6O/c1-15-17(11-25-28(15)4)13-29-8-9-30-20(14-29)21-19(12-24-22(26-21)27(2)3)16-6-5-7-18(23)10-16/h5-7,10-12,20H,8-9,13-14H2,1-4H3. The van der Waals surface area contributed by atoms with Crippen LogP contribution < -0.4 is 4.90 Å². The molecule has 30 heavy (non-hydrogen) atoms. The van der Waals surface area contributed by atoms with Gasteiger partial charge in [-0.15, -0.1) is 0 Å². The van der Waals surface area contributed by atoms with E-state index in [-0.39, 0.29) is 11.9 Å². The lowest BCUT2D eigenvalue weighted by atomic mass is 10.0. The normalized spacial score (nSPS) is 17.3. The summed E-state index contributed by atoms with van der Waals surface area (Å²) in [6.07, 6.45) is 3.46. The predicted octanol–water partition coefficient (Wildman–Crippen LogP) is 2.96. The molecule has 0 N–H and O–H groups in total. The second-order valence-corrected chi connectivity index (χ2v) is 7.85. The van der Waals surface area contributed by atoms with Crippen LogP contribution in [0.1, 0.15) is 23.1 Å². The van der Waals surface area contributed by atoms with Gasteiger partial charge in [-0.1, -0.05) is 12.1 Å². The predicted molar refractivity (Wildman–Crippen MR) is 114 cm³/mol. The van der Waals surface area contributed by atoms with Crippen LogP contribution in [-0.2, 0) is 18.3 Å². The van der Waals surface area contributed by atoms with Gasteiger partial charge in [0.15, 0.2) is 0 Å². The van der Waals surface area contributed by atoms with Crippen molar-refractivity contribution in [2.24, 2.45) is 7.05 Å². The maximum atomic E-state index is 13.9. The van der Waals surface area contributed by atoms with Gasteiger partial charge in [0, 0.05) is 63.8 Å². The first-order valence-electron chi connectivity index (χ1n) is 10.0. The molecule has 3 aromatic rings. The number of benzene rings is 1. The molecule has 0 saturated carbocycles. The van der Waals surface area contributed by atoms with Crippen LogP contribution in [0.3, 0.4) is 0 Å². The maximum absolute atomic E-state index is 13.9. The van der Waals surface area contributed by atoms with Gasteiger partial charge in [0.1, 0.15) is 11.9 Å². The van der Waals surface area contributed by atoms with E-state index in [2.05, 4.69) is 21.9 Å². The highest BCUT2D eigenvalue weighted by Gasteiger charge is 2.27. The summed E-state index contributed by atoms with van der Waals surface area (Å²) in [7, 11) is 5.76. The van der Waals surface area contributed by atoms with E-state index in [1.54, 1.807) is 12.3 Å². The van der Waals surface area contributed by atoms with Crippen molar-refractivity contribution in [1.29, 1.82) is 0 Å². The van der Waals surface area contributed by atoms with E-state index in [0.717, 1.165) is 35.6 Å². The Kier molecular flexibility index (Phi) is 5.78. The van der Waals surface area contributed by atoms with Crippen molar-refractivity contribution in [3.8, 4) is 11.1 Å². The van der Waals surface area contributed by atoms with Crippen molar-refractivity contribution < 1.29 is 9.13 Å². The SMILES string of the molecule is Cc1c(CN2CCOC(c3nc(N(C)C)ncc3-c3cccc(F)c3)C2)cnn1C. The highest BCUT2D eigenvalue weighted by Crippen LogP contribution is 2.32.